The van der Waals surface area contributed by atoms with E-state index in [0.717, 1.165) is 31.5 Å². The van der Waals surface area contributed by atoms with E-state index in [1.807, 2.05) is 6.07 Å². The summed E-state index contributed by atoms with van der Waals surface area (Å²) in [7, 11) is 0. The Morgan fingerprint density at radius 2 is 1.97 bits per heavy atom. The van der Waals surface area contributed by atoms with Gasteiger partial charge in [-0.15, -0.1) is 13.2 Å². The lowest BCUT2D eigenvalue weighted by Crippen LogP contribution is -2.44. The SMILES string of the molecule is O=C(O)CCN1CCC2(CC1)COc1cc(OCc3c(Cl)cccc3OC(F)(F)F)ccc12. The number of hydrogen-bond donors (Lipinski definition) is 1. The second-order valence-electron chi connectivity index (χ2n) is 8.27. The molecule has 2 aromatic carbocycles. The molecule has 2 aliphatic heterocycles. The van der Waals surface area contributed by atoms with Crippen LogP contribution in [-0.2, 0) is 16.8 Å². The first kappa shape index (κ1) is 23.5. The number of carboxylic acids is 1. The van der Waals surface area contributed by atoms with Gasteiger partial charge in [0.25, 0.3) is 0 Å². The van der Waals surface area contributed by atoms with E-state index in [0.29, 0.717) is 24.7 Å². The smallest absolute Gasteiger partial charge is 0.492 e. The average Bonchev–Trinajstić information content (AvgIpc) is 3.09. The molecule has 0 amide bonds. The van der Waals surface area contributed by atoms with Crippen molar-refractivity contribution in [2.24, 2.45) is 0 Å². The van der Waals surface area contributed by atoms with Crippen LogP contribution in [0.1, 0.15) is 30.4 Å². The molecule has 178 valence electrons. The van der Waals surface area contributed by atoms with Gasteiger partial charge >= 0.3 is 12.3 Å². The molecule has 2 aliphatic rings. The van der Waals surface area contributed by atoms with E-state index in [9.17, 15) is 18.0 Å². The summed E-state index contributed by atoms with van der Waals surface area (Å²) in [5.41, 5.74) is 1.05. The number of fused-ring (bicyclic) bond motifs is 2. The first-order valence-electron chi connectivity index (χ1n) is 10.5. The largest absolute Gasteiger partial charge is 0.573 e. The molecule has 2 heterocycles. The van der Waals surface area contributed by atoms with Crippen molar-refractivity contribution in [1.82, 2.24) is 4.90 Å². The van der Waals surface area contributed by atoms with Gasteiger partial charge in [-0.05, 0) is 44.1 Å². The average molecular weight is 486 g/mol. The van der Waals surface area contributed by atoms with Gasteiger partial charge in [0.15, 0.2) is 0 Å². The Morgan fingerprint density at radius 1 is 1.21 bits per heavy atom. The van der Waals surface area contributed by atoms with E-state index >= 15 is 0 Å². The fourth-order valence-electron chi connectivity index (χ4n) is 4.37. The fraction of sp³-hybridized carbons (Fsp3) is 0.435. The molecule has 1 saturated heterocycles. The molecule has 0 saturated carbocycles. The Morgan fingerprint density at radius 3 is 2.67 bits per heavy atom. The summed E-state index contributed by atoms with van der Waals surface area (Å²) >= 11 is 6.08. The number of carbonyl (C=O) groups is 1. The van der Waals surface area contributed by atoms with Crippen LogP contribution < -0.4 is 14.2 Å². The second kappa shape index (κ2) is 9.30. The van der Waals surface area contributed by atoms with Crippen molar-refractivity contribution >= 4 is 17.6 Å². The number of halogens is 4. The summed E-state index contributed by atoms with van der Waals surface area (Å²) in [5.74, 6) is -0.0627. The minimum Gasteiger partial charge on any atom is -0.492 e. The number of aliphatic carboxylic acids is 1. The topological polar surface area (TPSA) is 68.2 Å². The van der Waals surface area contributed by atoms with Crippen molar-refractivity contribution in [1.29, 1.82) is 0 Å². The number of hydrogen-bond acceptors (Lipinski definition) is 5. The van der Waals surface area contributed by atoms with Crippen LogP contribution in [0, 0.1) is 0 Å². The van der Waals surface area contributed by atoms with Crippen LogP contribution in [0.25, 0.3) is 0 Å². The molecule has 4 rings (SSSR count). The molecule has 0 bridgehead atoms. The third kappa shape index (κ3) is 5.47. The standard InChI is InChI=1S/C23H23ClF3NO5/c24-18-2-1-3-19(33-23(25,26)27)16(18)13-31-15-4-5-17-20(12-15)32-14-22(17)7-10-28(11-8-22)9-6-21(29)30/h1-5,12H,6-11,13-14H2,(H,29,30). The maximum Gasteiger partial charge on any atom is 0.573 e. The molecule has 1 spiro atoms. The van der Waals surface area contributed by atoms with Crippen molar-refractivity contribution in [2.75, 3.05) is 26.2 Å². The maximum absolute atomic E-state index is 12.7. The first-order valence-corrected chi connectivity index (χ1v) is 10.9. The van der Waals surface area contributed by atoms with Gasteiger partial charge in [-0.1, -0.05) is 23.7 Å². The molecule has 0 unspecified atom stereocenters. The first-order chi connectivity index (χ1) is 15.7. The van der Waals surface area contributed by atoms with Crippen LogP contribution in [0.5, 0.6) is 17.2 Å². The van der Waals surface area contributed by atoms with Crippen molar-refractivity contribution in [3.63, 3.8) is 0 Å². The Labute approximate surface area is 193 Å². The van der Waals surface area contributed by atoms with Gasteiger partial charge in [-0.3, -0.25) is 4.79 Å². The van der Waals surface area contributed by atoms with Gasteiger partial charge in [0.1, 0.15) is 23.9 Å². The lowest BCUT2D eigenvalue weighted by Gasteiger charge is -2.38. The van der Waals surface area contributed by atoms with Crippen LogP contribution in [0.4, 0.5) is 13.2 Å². The summed E-state index contributed by atoms with van der Waals surface area (Å²) in [6, 6.07) is 9.49. The van der Waals surface area contributed by atoms with Crippen LogP contribution in [0.15, 0.2) is 36.4 Å². The number of alkyl halides is 3. The van der Waals surface area contributed by atoms with Crippen LogP contribution >= 0.6 is 11.6 Å². The van der Waals surface area contributed by atoms with Crippen molar-refractivity contribution in [3.8, 4) is 17.2 Å². The Bertz CT molecular complexity index is 1020. The quantitative estimate of drug-likeness (QED) is 0.594. The monoisotopic (exact) mass is 485 g/mol. The summed E-state index contributed by atoms with van der Waals surface area (Å²) < 4.78 is 53.8. The summed E-state index contributed by atoms with van der Waals surface area (Å²) in [6.45, 7) is 2.46. The number of ether oxygens (including phenoxy) is 3. The van der Waals surface area contributed by atoms with E-state index in [1.165, 1.54) is 18.2 Å². The molecule has 1 N–H and O–H groups in total. The molecule has 0 aliphatic carbocycles. The highest BCUT2D eigenvalue weighted by atomic mass is 35.5. The normalized spacial score (nSPS) is 17.5. The zero-order valence-corrected chi connectivity index (χ0v) is 18.4. The highest BCUT2D eigenvalue weighted by Crippen LogP contribution is 2.47. The van der Waals surface area contributed by atoms with Gasteiger partial charge in [-0.2, -0.15) is 0 Å². The van der Waals surface area contributed by atoms with Gasteiger partial charge in [0.05, 0.1) is 23.6 Å². The Kier molecular flexibility index (Phi) is 6.63. The summed E-state index contributed by atoms with van der Waals surface area (Å²) in [4.78, 5) is 13.0. The third-order valence-corrected chi connectivity index (χ3v) is 6.52. The third-order valence-electron chi connectivity index (χ3n) is 6.17. The van der Waals surface area contributed by atoms with Gasteiger partial charge < -0.3 is 24.2 Å². The van der Waals surface area contributed by atoms with E-state index in [4.69, 9.17) is 26.2 Å². The molecule has 6 nitrogen and oxygen atoms in total. The van der Waals surface area contributed by atoms with E-state index in [-0.39, 0.29) is 29.0 Å². The number of nitrogens with zero attached hydrogens (tertiary/aromatic N) is 1. The predicted molar refractivity (Wildman–Crippen MR) is 114 cm³/mol. The number of carboxylic acid groups (broad SMARTS) is 1. The van der Waals surface area contributed by atoms with Crippen molar-refractivity contribution < 1.29 is 37.3 Å². The van der Waals surface area contributed by atoms with Crippen LogP contribution in [-0.4, -0.2) is 48.6 Å². The zero-order chi connectivity index (χ0) is 23.6. The summed E-state index contributed by atoms with van der Waals surface area (Å²) in [5, 5.41) is 8.99. The molecular formula is C23H23ClF3NO5. The van der Waals surface area contributed by atoms with Gasteiger partial charge in [0.2, 0.25) is 0 Å². The van der Waals surface area contributed by atoms with Crippen molar-refractivity contribution in [3.05, 3.63) is 52.5 Å². The van der Waals surface area contributed by atoms with E-state index < -0.39 is 18.1 Å². The molecule has 0 radical (unpaired) electrons. The summed E-state index contributed by atoms with van der Waals surface area (Å²) in [6.07, 6.45) is -2.99. The highest BCUT2D eigenvalue weighted by Gasteiger charge is 2.43. The minimum absolute atomic E-state index is 0.100. The molecular weight excluding hydrogens is 463 g/mol. The van der Waals surface area contributed by atoms with E-state index in [2.05, 4.69) is 9.64 Å². The van der Waals surface area contributed by atoms with E-state index in [1.54, 1.807) is 12.1 Å². The number of benzene rings is 2. The Hall–Kier alpha value is -2.65. The van der Waals surface area contributed by atoms with Crippen LogP contribution in [0.3, 0.4) is 0 Å². The minimum atomic E-state index is -4.83. The molecule has 10 heteroatoms. The zero-order valence-electron chi connectivity index (χ0n) is 17.7. The lowest BCUT2D eigenvalue weighted by atomic mass is 9.74. The molecule has 1 fully saturated rings. The number of likely N-dealkylation sites (tertiary alicyclic amines) is 1. The molecule has 0 atom stereocenters. The maximum atomic E-state index is 12.7. The van der Waals surface area contributed by atoms with Crippen LogP contribution in [0.2, 0.25) is 5.02 Å². The second-order valence-corrected chi connectivity index (χ2v) is 8.67. The molecule has 33 heavy (non-hydrogen) atoms. The number of rotatable bonds is 7. The lowest BCUT2D eigenvalue weighted by molar-refractivity contribution is -0.275. The number of piperidine rings is 1. The van der Waals surface area contributed by atoms with Gasteiger partial charge in [0, 0.05) is 23.6 Å². The highest BCUT2D eigenvalue weighted by molar-refractivity contribution is 6.31. The Balaban J connectivity index is 1.42. The fourth-order valence-corrected chi connectivity index (χ4v) is 4.59. The van der Waals surface area contributed by atoms with Crippen molar-refractivity contribution in [2.45, 2.75) is 37.6 Å². The molecule has 2 aromatic rings. The van der Waals surface area contributed by atoms with Gasteiger partial charge in [-0.25, -0.2) is 0 Å². The molecule has 0 aromatic heterocycles. The predicted octanol–water partition coefficient (Wildman–Crippen LogP) is 5.02.